The molecule has 1 aromatic heterocycles. The van der Waals surface area contributed by atoms with Gasteiger partial charge >= 0.3 is 6.03 Å². The van der Waals surface area contributed by atoms with Crippen LogP contribution in [0.3, 0.4) is 0 Å². The van der Waals surface area contributed by atoms with Gasteiger partial charge in [0.1, 0.15) is 11.9 Å². The van der Waals surface area contributed by atoms with Crippen LogP contribution < -0.4 is 9.80 Å². The number of carbonyl (C=O) groups is 2. The Labute approximate surface area is 165 Å². The highest BCUT2D eigenvalue weighted by molar-refractivity contribution is 6.14. The molecule has 3 amide bonds. The van der Waals surface area contributed by atoms with E-state index in [0.29, 0.717) is 6.67 Å². The molecule has 146 valence electrons. The zero-order valence-electron chi connectivity index (χ0n) is 16.3. The van der Waals surface area contributed by atoms with Crippen LogP contribution in [0, 0.1) is 6.92 Å². The van der Waals surface area contributed by atoms with Crippen molar-refractivity contribution in [1.29, 1.82) is 0 Å². The number of hydrogen-bond acceptors (Lipinski definition) is 5. The molecule has 7 nitrogen and oxygen atoms in total. The maximum absolute atomic E-state index is 13.0. The van der Waals surface area contributed by atoms with Gasteiger partial charge in [-0.15, -0.1) is 0 Å². The first-order valence-corrected chi connectivity index (χ1v) is 9.64. The molecule has 2 aromatic rings. The molecule has 1 aromatic carbocycles. The molecule has 4 rings (SSSR count). The summed E-state index contributed by atoms with van der Waals surface area (Å²) < 4.78 is 0. The van der Waals surface area contributed by atoms with Gasteiger partial charge in [-0.05, 0) is 38.1 Å². The van der Waals surface area contributed by atoms with Crippen molar-refractivity contribution in [3.05, 3.63) is 54.2 Å². The molecule has 0 saturated carbocycles. The van der Waals surface area contributed by atoms with E-state index in [1.165, 1.54) is 4.90 Å². The van der Waals surface area contributed by atoms with E-state index in [4.69, 9.17) is 0 Å². The lowest BCUT2D eigenvalue weighted by molar-refractivity contribution is -0.128. The average molecular weight is 379 g/mol. The molecule has 0 N–H and O–H groups in total. The fourth-order valence-corrected chi connectivity index (χ4v) is 3.75. The van der Waals surface area contributed by atoms with Crippen LogP contribution in [0.25, 0.3) is 0 Å². The Kier molecular flexibility index (Phi) is 5.00. The minimum Gasteiger partial charge on any atom is -0.354 e. The van der Waals surface area contributed by atoms with Crippen LogP contribution in [-0.4, -0.2) is 65.6 Å². The van der Waals surface area contributed by atoms with Gasteiger partial charge in [-0.1, -0.05) is 23.8 Å². The van der Waals surface area contributed by atoms with Crippen LogP contribution in [0.15, 0.2) is 48.7 Å². The summed E-state index contributed by atoms with van der Waals surface area (Å²) in [5, 5.41) is 0. The van der Waals surface area contributed by atoms with E-state index < -0.39 is 6.04 Å². The third-order valence-electron chi connectivity index (χ3n) is 5.45. The third-order valence-corrected chi connectivity index (χ3v) is 5.45. The number of aryl methyl sites for hydroxylation is 1. The van der Waals surface area contributed by atoms with Gasteiger partial charge in [0.2, 0.25) is 0 Å². The summed E-state index contributed by atoms with van der Waals surface area (Å²) in [7, 11) is 0. The van der Waals surface area contributed by atoms with Crippen molar-refractivity contribution in [2.75, 3.05) is 42.6 Å². The lowest BCUT2D eigenvalue weighted by Gasteiger charge is -2.36. The van der Waals surface area contributed by atoms with E-state index in [2.05, 4.69) is 14.8 Å². The number of rotatable bonds is 4. The second-order valence-corrected chi connectivity index (χ2v) is 7.36. The van der Waals surface area contributed by atoms with E-state index in [1.807, 2.05) is 49.4 Å². The van der Waals surface area contributed by atoms with Gasteiger partial charge in [-0.25, -0.2) is 14.7 Å². The first kappa shape index (κ1) is 18.4. The van der Waals surface area contributed by atoms with Gasteiger partial charge in [0.15, 0.2) is 0 Å². The zero-order valence-corrected chi connectivity index (χ0v) is 16.3. The van der Waals surface area contributed by atoms with Crippen LogP contribution in [0.4, 0.5) is 16.3 Å². The Bertz CT molecular complexity index is 847. The number of piperazine rings is 1. The molecule has 0 spiro atoms. The normalized spacial score (nSPS) is 20.9. The Morgan fingerprint density at radius 3 is 2.36 bits per heavy atom. The highest BCUT2D eigenvalue weighted by Gasteiger charge is 2.44. The van der Waals surface area contributed by atoms with Crippen LogP contribution in [0.5, 0.6) is 0 Å². The molecule has 0 bridgehead atoms. The molecule has 2 aliphatic rings. The van der Waals surface area contributed by atoms with Gasteiger partial charge in [0, 0.05) is 38.1 Å². The molecule has 0 unspecified atom stereocenters. The molecule has 2 fully saturated rings. The van der Waals surface area contributed by atoms with Crippen LogP contribution >= 0.6 is 0 Å². The second kappa shape index (κ2) is 7.59. The van der Waals surface area contributed by atoms with Gasteiger partial charge in [-0.2, -0.15) is 0 Å². The number of imide groups is 1. The van der Waals surface area contributed by atoms with Crippen molar-refractivity contribution < 1.29 is 9.59 Å². The maximum Gasteiger partial charge on any atom is 0.333 e. The van der Waals surface area contributed by atoms with Crippen LogP contribution in [0.1, 0.15) is 12.5 Å². The Morgan fingerprint density at radius 1 is 1.00 bits per heavy atom. The van der Waals surface area contributed by atoms with Crippen molar-refractivity contribution in [2.24, 2.45) is 0 Å². The van der Waals surface area contributed by atoms with Crippen LogP contribution in [-0.2, 0) is 4.79 Å². The SMILES string of the molecule is Cc1ccc(N2C(=O)N(CN3CCN(c4ccccn4)CC3)C(=O)[C@@H]2C)cc1. The van der Waals surface area contributed by atoms with Crippen molar-refractivity contribution in [2.45, 2.75) is 19.9 Å². The smallest absolute Gasteiger partial charge is 0.333 e. The molecule has 2 aliphatic heterocycles. The Balaban J connectivity index is 1.40. The Hall–Kier alpha value is -2.93. The van der Waals surface area contributed by atoms with Crippen molar-refractivity contribution in [1.82, 2.24) is 14.8 Å². The highest BCUT2D eigenvalue weighted by atomic mass is 16.2. The molecular weight excluding hydrogens is 354 g/mol. The molecule has 0 aliphatic carbocycles. The van der Waals surface area contributed by atoms with E-state index in [1.54, 1.807) is 18.0 Å². The molecule has 3 heterocycles. The highest BCUT2D eigenvalue weighted by Crippen LogP contribution is 2.26. The Morgan fingerprint density at radius 2 is 1.71 bits per heavy atom. The van der Waals surface area contributed by atoms with Gasteiger partial charge < -0.3 is 4.90 Å². The summed E-state index contributed by atoms with van der Waals surface area (Å²) in [6.45, 7) is 7.34. The second-order valence-electron chi connectivity index (χ2n) is 7.36. The summed E-state index contributed by atoms with van der Waals surface area (Å²) in [5.74, 6) is 0.826. The fraction of sp³-hybridized carbons (Fsp3) is 0.381. The van der Waals surface area contributed by atoms with Crippen molar-refractivity contribution >= 4 is 23.4 Å². The molecule has 1 atom stereocenters. The average Bonchev–Trinajstić information content (AvgIpc) is 2.93. The molecule has 2 saturated heterocycles. The van der Waals surface area contributed by atoms with Crippen molar-refractivity contribution in [3.8, 4) is 0 Å². The summed E-state index contributed by atoms with van der Waals surface area (Å²) in [4.78, 5) is 37.4. The molecule has 28 heavy (non-hydrogen) atoms. The predicted molar refractivity (Wildman–Crippen MR) is 108 cm³/mol. The minimum atomic E-state index is -0.481. The van der Waals surface area contributed by atoms with E-state index in [0.717, 1.165) is 43.2 Å². The molecular formula is C21H25N5O2. The molecule has 7 heteroatoms. The summed E-state index contributed by atoms with van der Waals surface area (Å²) in [6, 6.07) is 12.9. The number of carbonyl (C=O) groups excluding carboxylic acids is 2. The number of pyridine rings is 1. The minimum absolute atomic E-state index is 0.141. The summed E-state index contributed by atoms with van der Waals surface area (Å²) in [5.41, 5.74) is 1.89. The van der Waals surface area contributed by atoms with Gasteiger partial charge in [0.05, 0.1) is 6.67 Å². The maximum atomic E-state index is 13.0. The predicted octanol–water partition coefficient (Wildman–Crippen LogP) is 2.33. The first-order chi connectivity index (χ1) is 13.5. The van der Waals surface area contributed by atoms with E-state index >= 15 is 0 Å². The van der Waals surface area contributed by atoms with E-state index in [9.17, 15) is 9.59 Å². The number of nitrogens with zero attached hydrogens (tertiary/aromatic N) is 5. The largest absolute Gasteiger partial charge is 0.354 e. The molecule has 0 radical (unpaired) electrons. The number of anilines is 2. The van der Waals surface area contributed by atoms with Gasteiger partial charge in [-0.3, -0.25) is 14.6 Å². The topological polar surface area (TPSA) is 60.0 Å². The summed E-state index contributed by atoms with van der Waals surface area (Å²) >= 11 is 0. The van der Waals surface area contributed by atoms with Crippen molar-refractivity contribution in [3.63, 3.8) is 0 Å². The monoisotopic (exact) mass is 379 g/mol. The first-order valence-electron chi connectivity index (χ1n) is 9.64. The third kappa shape index (κ3) is 3.45. The standard InChI is InChI=1S/C21H25N5O2/c1-16-6-8-18(9-7-16)26-17(2)20(27)25(21(26)28)15-23-11-13-24(14-12-23)19-5-3-4-10-22-19/h3-10,17H,11-15H2,1-2H3/t17-/m0/s1. The zero-order chi connectivity index (χ0) is 19.7. The number of aromatic nitrogens is 1. The lowest BCUT2D eigenvalue weighted by atomic mass is 10.2. The van der Waals surface area contributed by atoms with E-state index in [-0.39, 0.29) is 11.9 Å². The lowest BCUT2D eigenvalue weighted by Crippen LogP contribution is -2.51. The number of urea groups is 1. The summed E-state index contributed by atoms with van der Waals surface area (Å²) in [6.07, 6.45) is 1.80. The number of hydrogen-bond donors (Lipinski definition) is 0. The van der Waals surface area contributed by atoms with Crippen LogP contribution in [0.2, 0.25) is 0 Å². The number of benzene rings is 1. The number of amides is 3. The fourth-order valence-electron chi connectivity index (χ4n) is 3.75. The van der Waals surface area contributed by atoms with Gasteiger partial charge in [0.25, 0.3) is 5.91 Å². The quantitative estimate of drug-likeness (QED) is 0.763.